The molecular weight excluding hydrogens is 290 g/mol. The summed E-state index contributed by atoms with van der Waals surface area (Å²) in [5.74, 6) is 2.35. The molecule has 1 saturated heterocycles. The zero-order valence-electron chi connectivity index (χ0n) is 14.6. The number of likely N-dealkylation sites (tertiary alicyclic amines) is 1. The summed E-state index contributed by atoms with van der Waals surface area (Å²) in [6, 6.07) is 5.50. The van der Waals surface area contributed by atoms with Gasteiger partial charge in [0.2, 0.25) is 0 Å². The summed E-state index contributed by atoms with van der Waals surface area (Å²) in [5, 5.41) is 0. The van der Waals surface area contributed by atoms with Crippen LogP contribution in [0.3, 0.4) is 0 Å². The number of rotatable bonds is 8. The van der Waals surface area contributed by atoms with Gasteiger partial charge < -0.3 is 14.4 Å². The molecule has 4 nitrogen and oxygen atoms in total. The molecule has 1 fully saturated rings. The Bertz CT molecular complexity index is 507. The third-order valence-corrected chi connectivity index (χ3v) is 4.40. The molecule has 0 N–H and O–H groups in total. The van der Waals surface area contributed by atoms with Crippen molar-refractivity contribution in [3.8, 4) is 11.5 Å². The first-order valence-electron chi connectivity index (χ1n) is 8.79. The second kappa shape index (κ2) is 8.92. The Morgan fingerprint density at radius 1 is 1.17 bits per heavy atom. The van der Waals surface area contributed by atoms with Gasteiger partial charge in [0.15, 0.2) is 5.78 Å². The van der Waals surface area contributed by atoms with Crippen molar-refractivity contribution in [3.63, 3.8) is 0 Å². The highest BCUT2D eigenvalue weighted by molar-refractivity contribution is 5.99. The standard InChI is InChI=1S/C19H29NO3/c1-4-22-16-6-7-17(19(14-16)23-5-2)18(21)10-13-20-11-8-15(3)9-12-20/h6-7,14-15H,4-5,8-13H2,1-3H3. The molecule has 0 aromatic heterocycles. The van der Waals surface area contributed by atoms with Crippen LogP contribution in [0, 0.1) is 5.92 Å². The molecule has 23 heavy (non-hydrogen) atoms. The second-order valence-corrected chi connectivity index (χ2v) is 6.22. The van der Waals surface area contributed by atoms with E-state index in [1.165, 1.54) is 12.8 Å². The summed E-state index contributed by atoms with van der Waals surface area (Å²) in [6.07, 6.45) is 3.02. The molecule has 1 heterocycles. The van der Waals surface area contributed by atoms with Gasteiger partial charge in [-0.15, -0.1) is 0 Å². The van der Waals surface area contributed by atoms with Crippen LogP contribution < -0.4 is 9.47 Å². The summed E-state index contributed by atoms with van der Waals surface area (Å²) in [4.78, 5) is 15.0. The van der Waals surface area contributed by atoms with Gasteiger partial charge in [0.25, 0.3) is 0 Å². The molecule has 0 amide bonds. The minimum atomic E-state index is 0.148. The molecule has 0 radical (unpaired) electrons. The first kappa shape index (κ1) is 17.8. The zero-order valence-corrected chi connectivity index (χ0v) is 14.6. The summed E-state index contributed by atoms with van der Waals surface area (Å²) in [7, 11) is 0. The molecule has 1 aromatic rings. The number of nitrogens with zero attached hydrogens (tertiary/aromatic N) is 1. The lowest BCUT2D eigenvalue weighted by atomic mass is 9.98. The quantitative estimate of drug-likeness (QED) is 0.683. The Balaban J connectivity index is 1.97. The van der Waals surface area contributed by atoms with Crippen LogP contribution in [0.25, 0.3) is 0 Å². The summed E-state index contributed by atoms with van der Waals surface area (Å²) in [6.45, 7) is 10.4. The Labute approximate surface area is 139 Å². The fourth-order valence-corrected chi connectivity index (χ4v) is 2.94. The lowest BCUT2D eigenvalue weighted by Gasteiger charge is -2.29. The highest BCUT2D eigenvalue weighted by Gasteiger charge is 2.18. The first-order chi connectivity index (χ1) is 11.1. The highest BCUT2D eigenvalue weighted by Crippen LogP contribution is 2.26. The van der Waals surface area contributed by atoms with Crippen LogP contribution >= 0.6 is 0 Å². The average molecular weight is 319 g/mol. The van der Waals surface area contributed by atoms with Gasteiger partial charge in [-0.05, 0) is 57.8 Å². The monoisotopic (exact) mass is 319 g/mol. The van der Waals surface area contributed by atoms with Crippen LogP contribution in [0.2, 0.25) is 0 Å². The SMILES string of the molecule is CCOc1ccc(C(=O)CCN2CCC(C)CC2)c(OCC)c1. The van der Waals surface area contributed by atoms with E-state index in [2.05, 4.69) is 11.8 Å². The van der Waals surface area contributed by atoms with E-state index in [9.17, 15) is 4.79 Å². The van der Waals surface area contributed by atoms with Crippen molar-refractivity contribution in [2.24, 2.45) is 5.92 Å². The summed E-state index contributed by atoms with van der Waals surface area (Å²) in [5.41, 5.74) is 0.667. The van der Waals surface area contributed by atoms with Crippen molar-refractivity contribution in [1.29, 1.82) is 0 Å². The molecule has 0 unspecified atom stereocenters. The fourth-order valence-electron chi connectivity index (χ4n) is 2.94. The van der Waals surface area contributed by atoms with Crippen molar-refractivity contribution in [1.82, 2.24) is 4.90 Å². The van der Waals surface area contributed by atoms with E-state index < -0.39 is 0 Å². The highest BCUT2D eigenvalue weighted by atomic mass is 16.5. The van der Waals surface area contributed by atoms with E-state index >= 15 is 0 Å². The summed E-state index contributed by atoms with van der Waals surface area (Å²) < 4.78 is 11.1. The van der Waals surface area contributed by atoms with Crippen LogP contribution in [0.15, 0.2) is 18.2 Å². The molecule has 1 aliphatic heterocycles. The zero-order chi connectivity index (χ0) is 16.7. The maximum atomic E-state index is 12.6. The molecule has 1 aliphatic rings. The number of ketones is 1. The largest absolute Gasteiger partial charge is 0.494 e. The number of Topliss-reactive ketones (excluding diaryl/α,β-unsaturated/α-hetero) is 1. The van der Waals surface area contributed by atoms with Gasteiger partial charge in [-0.25, -0.2) is 0 Å². The van der Waals surface area contributed by atoms with Crippen molar-refractivity contribution >= 4 is 5.78 Å². The van der Waals surface area contributed by atoms with Gasteiger partial charge in [0.1, 0.15) is 11.5 Å². The third-order valence-electron chi connectivity index (χ3n) is 4.40. The molecule has 0 saturated carbocycles. The van der Waals surface area contributed by atoms with Crippen molar-refractivity contribution < 1.29 is 14.3 Å². The second-order valence-electron chi connectivity index (χ2n) is 6.22. The number of hydrogen-bond acceptors (Lipinski definition) is 4. The van der Waals surface area contributed by atoms with E-state index in [4.69, 9.17) is 9.47 Å². The fraction of sp³-hybridized carbons (Fsp3) is 0.632. The predicted octanol–water partition coefficient (Wildman–Crippen LogP) is 3.79. The van der Waals surface area contributed by atoms with Gasteiger partial charge >= 0.3 is 0 Å². The van der Waals surface area contributed by atoms with E-state index in [1.54, 1.807) is 0 Å². The molecule has 0 aliphatic carbocycles. The smallest absolute Gasteiger partial charge is 0.167 e. The number of ether oxygens (including phenoxy) is 2. The normalized spacial score (nSPS) is 16.3. The number of benzene rings is 1. The van der Waals surface area contributed by atoms with E-state index in [1.807, 2.05) is 32.0 Å². The molecule has 0 bridgehead atoms. The van der Waals surface area contributed by atoms with Crippen LogP contribution in [0.4, 0.5) is 0 Å². The third kappa shape index (κ3) is 5.24. The van der Waals surface area contributed by atoms with Gasteiger partial charge in [-0.1, -0.05) is 6.92 Å². The maximum absolute atomic E-state index is 12.6. The first-order valence-corrected chi connectivity index (χ1v) is 8.79. The minimum absolute atomic E-state index is 0.148. The number of hydrogen-bond donors (Lipinski definition) is 0. The predicted molar refractivity (Wildman–Crippen MR) is 92.6 cm³/mol. The molecule has 4 heteroatoms. The Morgan fingerprint density at radius 3 is 2.52 bits per heavy atom. The van der Waals surface area contributed by atoms with E-state index in [0.29, 0.717) is 30.9 Å². The van der Waals surface area contributed by atoms with Crippen LogP contribution in [0.1, 0.15) is 50.4 Å². The van der Waals surface area contributed by atoms with E-state index in [-0.39, 0.29) is 5.78 Å². The topological polar surface area (TPSA) is 38.8 Å². The molecule has 2 rings (SSSR count). The lowest BCUT2D eigenvalue weighted by molar-refractivity contribution is 0.0949. The molecule has 128 valence electrons. The van der Waals surface area contributed by atoms with Gasteiger partial charge in [-0.2, -0.15) is 0 Å². The van der Waals surface area contributed by atoms with Gasteiger partial charge in [0.05, 0.1) is 18.8 Å². The average Bonchev–Trinajstić information content (AvgIpc) is 2.55. The Hall–Kier alpha value is -1.55. The number of carbonyl (C=O) groups excluding carboxylic acids is 1. The lowest BCUT2D eigenvalue weighted by Crippen LogP contribution is -2.34. The number of piperidine rings is 1. The maximum Gasteiger partial charge on any atom is 0.167 e. The molecule has 0 atom stereocenters. The van der Waals surface area contributed by atoms with Crippen LogP contribution in [0.5, 0.6) is 11.5 Å². The van der Waals surface area contributed by atoms with Crippen molar-refractivity contribution in [3.05, 3.63) is 23.8 Å². The van der Waals surface area contributed by atoms with Crippen LogP contribution in [-0.2, 0) is 0 Å². The Kier molecular flexibility index (Phi) is 6.90. The molecular formula is C19H29NO3. The Morgan fingerprint density at radius 2 is 1.87 bits per heavy atom. The molecule has 0 spiro atoms. The van der Waals surface area contributed by atoms with Crippen molar-refractivity contribution in [2.75, 3.05) is 32.8 Å². The van der Waals surface area contributed by atoms with Crippen molar-refractivity contribution in [2.45, 2.75) is 40.0 Å². The van der Waals surface area contributed by atoms with Crippen LogP contribution in [-0.4, -0.2) is 43.5 Å². The van der Waals surface area contributed by atoms with Gasteiger partial charge in [0, 0.05) is 19.0 Å². The van der Waals surface area contributed by atoms with E-state index in [0.717, 1.165) is 31.3 Å². The molecule has 1 aromatic carbocycles. The van der Waals surface area contributed by atoms with Gasteiger partial charge in [-0.3, -0.25) is 4.79 Å². The summed E-state index contributed by atoms with van der Waals surface area (Å²) >= 11 is 0. The minimum Gasteiger partial charge on any atom is -0.494 e. The number of carbonyl (C=O) groups is 1.